The van der Waals surface area contributed by atoms with Gasteiger partial charge in [-0.1, -0.05) is 19.3 Å². The van der Waals surface area contributed by atoms with E-state index in [-0.39, 0.29) is 18.3 Å². The Balaban J connectivity index is 1.69. The van der Waals surface area contributed by atoms with Gasteiger partial charge in [-0.2, -0.15) is 0 Å². The van der Waals surface area contributed by atoms with E-state index in [1.807, 2.05) is 0 Å². The topological polar surface area (TPSA) is 61.7 Å². The molecule has 1 aliphatic carbocycles. The molecule has 2 rings (SSSR count). The van der Waals surface area contributed by atoms with E-state index in [2.05, 4.69) is 5.32 Å². The van der Waals surface area contributed by atoms with Gasteiger partial charge in [0.15, 0.2) is 0 Å². The second-order valence-corrected chi connectivity index (χ2v) is 6.31. The van der Waals surface area contributed by atoms with Crippen molar-refractivity contribution in [3.8, 4) is 0 Å². The van der Waals surface area contributed by atoms with Crippen LogP contribution in [-0.2, 0) is 4.74 Å². The van der Waals surface area contributed by atoms with Gasteiger partial charge < -0.3 is 20.3 Å². The molecule has 0 amide bonds. The van der Waals surface area contributed by atoms with Crippen molar-refractivity contribution in [1.29, 1.82) is 0 Å². The summed E-state index contributed by atoms with van der Waals surface area (Å²) in [4.78, 5) is 0. The smallest absolute Gasteiger partial charge is 0.0972 e. The Morgan fingerprint density at radius 2 is 2.00 bits per heavy atom. The Hall–Kier alpha value is -0.160. The van der Waals surface area contributed by atoms with Crippen LogP contribution in [0.3, 0.4) is 0 Å². The minimum absolute atomic E-state index is 0.171. The second kappa shape index (κ2) is 5.87. The van der Waals surface area contributed by atoms with Gasteiger partial charge in [0.05, 0.1) is 23.9 Å². The van der Waals surface area contributed by atoms with E-state index in [0.717, 1.165) is 13.0 Å². The molecule has 2 atom stereocenters. The lowest BCUT2D eigenvalue weighted by Gasteiger charge is -2.33. The number of hydrogen-bond acceptors (Lipinski definition) is 4. The van der Waals surface area contributed by atoms with Gasteiger partial charge in [-0.15, -0.1) is 0 Å². The van der Waals surface area contributed by atoms with Crippen molar-refractivity contribution in [2.24, 2.45) is 0 Å². The maximum Gasteiger partial charge on any atom is 0.0972 e. The molecule has 4 nitrogen and oxygen atoms in total. The minimum atomic E-state index is -1.03. The molecule has 1 aliphatic heterocycles. The Morgan fingerprint density at radius 1 is 1.28 bits per heavy atom. The predicted molar refractivity (Wildman–Crippen MR) is 70.5 cm³/mol. The van der Waals surface area contributed by atoms with Crippen LogP contribution in [-0.4, -0.2) is 47.2 Å². The van der Waals surface area contributed by atoms with Crippen molar-refractivity contribution in [3.05, 3.63) is 0 Å². The molecule has 1 saturated carbocycles. The number of aliphatic hydroxyl groups excluding tert-OH is 1. The largest absolute Gasteiger partial charge is 0.393 e. The van der Waals surface area contributed by atoms with Crippen molar-refractivity contribution in [3.63, 3.8) is 0 Å². The van der Waals surface area contributed by atoms with Crippen molar-refractivity contribution in [2.45, 2.75) is 69.2 Å². The van der Waals surface area contributed by atoms with Gasteiger partial charge in [-0.05, 0) is 32.6 Å². The first-order valence-electron chi connectivity index (χ1n) is 7.27. The van der Waals surface area contributed by atoms with Gasteiger partial charge in [-0.25, -0.2) is 0 Å². The summed E-state index contributed by atoms with van der Waals surface area (Å²) in [5, 5.41) is 21.9. The van der Waals surface area contributed by atoms with Crippen LogP contribution in [0.4, 0.5) is 0 Å². The molecule has 4 heteroatoms. The predicted octanol–water partition coefficient (Wildman–Crippen LogP) is 1.20. The van der Waals surface area contributed by atoms with Gasteiger partial charge >= 0.3 is 0 Å². The SMILES string of the molecule is CC(O)(CO)CNCC1CCC2(CCCCC2)O1. The van der Waals surface area contributed by atoms with Crippen molar-refractivity contribution < 1.29 is 14.9 Å². The monoisotopic (exact) mass is 257 g/mol. The Labute approximate surface area is 110 Å². The van der Waals surface area contributed by atoms with E-state index in [9.17, 15) is 5.11 Å². The maximum atomic E-state index is 9.69. The van der Waals surface area contributed by atoms with Crippen LogP contribution in [0.1, 0.15) is 51.9 Å². The molecule has 1 heterocycles. The van der Waals surface area contributed by atoms with E-state index in [0.29, 0.717) is 6.54 Å². The molecule has 2 unspecified atom stereocenters. The summed E-state index contributed by atoms with van der Waals surface area (Å²) in [6.07, 6.45) is 8.99. The van der Waals surface area contributed by atoms with Crippen LogP contribution in [0.25, 0.3) is 0 Å². The number of hydrogen-bond donors (Lipinski definition) is 3. The highest BCUT2D eigenvalue weighted by atomic mass is 16.5. The van der Waals surface area contributed by atoms with E-state index in [1.165, 1.54) is 38.5 Å². The molecular weight excluding hydrogens is 230 g/mol. The molecule has 2 aliphatic rings. The van der Waals surface area contributed by atoms with E-state index in [4.69, 9.17) is 9.84 Å². The van der Waals surface area contributed by atoms with Crippen molar-refractivity contribution in [2.75, 3.05) is 19.7 Å². The normalized spacial score (nSPS) is 30.5. The first-order chi connectivity index (χ1) is 8.55. The summed E-state index contributed by atoms with van der Waals surface area (Å²) in [5.41, 5.74) is -0.856. The molecule has 1 saturated heterocycles. The Bertz CT molecular complexity index is 262. The maximum absolute atomic E-state index is 9.69. The minimum Gasteiger partial charge on any atom is -0.393 e. The molecule has 2 fully saturated rings. The average Bonchev–Trinajstić information content (AvgIpc) is 2.73. The fourth-order valence-corrected chi connectivity index (χ4v) is 3.16. The number of nitrogens with one attached hydrogen (secondary N) is 1. The molecule has 0 radical (unpaired) electrons. The van der Waals surface area contributed by atoms with Crippen LogP contribution < -0.4 is 5.32 Å². The van der Waals surface area contributed by atoms with Crippen LogP contribution in [0.5, 0.6) is 0 Å². The average molecular weight is 257 g/mol. The van der Waals surface area contributed by atoms with Crippen LogP contribution in [0.2, 0.25) is 0 Å². The number of rotatable bonds is 5. The van der Waals surface area contributed by atoms with E-state index in [1.54, 1.807) is 6.92 Å². The molecule has 0 aromatic rings. The number of aliphatic hydroxyl groups is 2. The van der Waals surface area contributed by atoms with Gasteiger partial charge in [0.2, 0.25) is 0 Å². The molecule has 0 aromatic carbocycles. The standard InChI is InChI=1S/C14H27NO3/c1-13(17,11-16)10-15-9-12-5-8-14(18-12)6-3-2-4-7-14/h12,15-17H,2-11H2,1H3. The summed E-state index contributed by atoms with van der Waals surface area (Å²) < 4.78 is 6.23. The highest BCUT2D eigenvalue weighted by Gasteiger charge is 2.40. The lowest BCUT2D eigenvalue weighted by molar-refractivity contribution is -0.0645. The van der Waals surface area contributed by atoms with E-state index >= 15 is 0 Å². The fourth-order valence-electron chi connectivity index (χ4n) is 3.16. The molecule has 106 valence electrons. The fraction of sp³-hybridized carbons (Fsp3) is 1.00. The highest BCUT2D eigenvalue weighted by molar-refractivity contribution is 4.92. The first kappa shape index (κ1) is 14.3. The third kappa shape index (κ3) is 3.67. The van der Waals surface area contributed by atoms with Gasteiger partial charge in [-0.3, -0.25) is 0 Å². The zero-order valence-corrected chi connectivity index (χ0v) is 11.5. The lowest BCUT2D eigenvalue weighted by Crippen LogP contribution is -2.43. The summed E-state index contributed by atoms with van der Waals surface area (Å²) in [5.74, 6) is 0. The third-order valence-electron chi connectivity index (χ3n) is 4.32. The van der Waals surface area contributed by atoms with Crippen LogP contribution >= 0.6 is 0 Å². The second-order valence-electron chi connectivity index (χ2n) is 6.31. The molecule has 0 bridgehead atoms. The summed E-state index contributed by atoms with van der Waals surface area (Å²) in [6, 6.07) is 0. The molecular formula is C14H27NO3. The molecule has 18 heavy (non-hydrogen) atoms. The van der Waals surface area contributed by atoms with Gasteiger partial charge in [0, 0.05) is 13.1 Å². The van der Waals surface area contributed by atoms with Gasteiger partial charge in [0.25, 0.3) is 0 Å². The lowest BCUT2D eigenvalue weighted by atomic mass is 9.83. The summed E-state index contributed by atoms with van der Waals surface area (Å²) >= 11 is 0. The molecule has 1 spiro atoms. The Morgan fingerprint density at radius 3 is 2.67 bits per heavy atom. The first-order valence-corrected chi connectivity index (χ1v) is 7.27. The number of ether oxygens (including phenoxy) is 1. The Kier molecular flexibility index (Phi) is 4.64. The van der Waals surface area contributed by atoms with Crippen LogP contribution in [0, 0.1) is 0 Å². The quantitative estimate of drug-likeness (QED) is 0.692. The van der Waals surface area contributed by atoms with Crippen molar-refractivity contribution in [1.82, 2.24) is 5.32 Å². The zero-order chi connectivity index (χ0) is 13.1. The highest BCUT2D eigenvalue weighted by Crippen LogP contribution is 2.41. The van der Waals surface area contributed by atoms with Gasteiger partial charge in [0.1, 0.15) is 0 Å². The zero-order valence-electron chi connectivity index (χ0n) is 11.5. The van der Waals surface area contributed by atoms with Crippen molar-refractivity contribution >= 4 is 0 Å². The summed E-state index contributed by atoms with van der Waals surface area (Å²) in [6.45, 7) is 2.61. The molecule has 3 N–H and O–H groups in total. The summed E-state index contributed by atoms with van der Waals surface area (Å²) in [7, 11) is 0. The third-order valence-corrected chi connectivity index (χ3v) is 4.32. The molecule has 0 aromatic heterocycles. The van der Waals surface area contributed by atoms with E-state index < -0.39 is 5.60 Å². The van der Waals surface area contributed by atoms with Crippen LogP contribution in [0.15, 0.2) is 0 Å².